The predicted molar refractivity (Wildman–Crippen MR) is 170 cm³/mol. The Hall–Kier alpha value is -4.83. The number of amides is 2. The van der Waals surface area contributed by atoms with Crippen LogP contribution in [0.15, 0.2) is 72.9 Å². The Labute approximate surface area is 263 Å². The van der Waals surface area contributed by atoms with E-state index in [2.05, 4.69) is 32.5 Å². The van der Waals surface area contributed by atoms with Crippen LogP contribution in [-0.2, 0) is 22.6 Å². The van der Waals surface area contributed by atoms with Gasteiger partial charge in [-0.3, -0.25) is 19.6 Å². The number of fused-ring (bicyclic) bond motifs is 8. The van der Waals surface area contributed by atoms with E-state index in [9.17, 15) is 9.59 Å². The van der Waals surface area contributed by atoms with Gasteiger partial charge in [0, 0.05) is 44.2 Å². The van der Waals surface area contributed by atoms with Crippen molar-refractivity contribution in [1.82, 2.24) is 25.3 Å². The maximum atomic E-state index is 13.3. The van der Waals surface area contributed by atoms with E-state index < -0.39 is 0 Å². The zero-order chi connectivity index (χ0) is 31.2. The molecule has 3 aromatic carbocycles. The Bertz CT molecular complexity index is 1640. The van der Waals surface area contributed by atoms with E-state index in [-0.39, 0.29) is 24.4 Å². The summed E-state index contributed by atoms with van der Waals surface area (Å²) in [6.07, 6.45) is 3.42. The fourth-order valence-electron chi connectivity index (χ4n) is 6.12. The first-order valence-electron chi connectivity index (χ1n) is 15.4. The normalized spacial score (nSPS) is 16.8. The summed E-state index contributed by atoms with van der Waals surface area (Å²) in [4.78, 5) is 29.0. The van der Waals surface area contributed by atoms with E-state index >= 15 is 0 Å². The second-order valence-electron chi connectivity index (χ2n) is 11.4. The van der Waals surface area contributed by atoms with Gasteiger partial charge < -0.3 is 24.4 Å². The van der Waals surface area contributed by atoms with Crippen LogP contribution in [-0.4, -0.2) is 78.3 Å². The van der Waals surface area contributed by atoms with Crippen molar-refractivity contribution in [3.63, 3.8) is 0 Å². The number of ether oxygens (including phenoxy) is 3. The topological polar surface area (TPSA) is 109 Å². The van der Waals surface area contributed by atoms with Gasteiger partial charge in [-0.1, -0.05) is 18.2 Å². The van der Waals surface area contributed by atoms with Crippen LogP contribution in [0.4, 0.5) is 0 Å². The average Bonchev–Trinajstić information content (AvgIpc) is 3.52. The van der Waals surface area contributed by atoms with Crippen LogP contribution in [0.2, 0.25) is 0 Å². The minimum atomic E-state index is -0.286. The van der Waals surface area contributed by atoms with E-state index in [0.717, 1.165) is 70.3 Å². The molecular weight excluding hydrogens is 570 g/mol. The highest BCUT2D eigenvalue weighted by Gasteiger charge is 2.32. The summed E-state index contributed by atoms with van der Waals surface area (Å²) in [5.41, 5.74) is 6.34. The van der Waals surface area contributed by atoms with Crippen molar-refractivity contribution in [2.75, 3.05) is 46.5 Å². The number of carbonyl (C=O) groups is 2. The first-order valence-corrected chi connectivity index (χ1v) is 15.4. The molecule has 7 rings (SSSR count). The van der Waals surface area contributed by atoms with Crippen molar-refractivity contribution in [2.24, 2.45) is 0 Å². The number of benzene rings is 3. The van der Waals surface area contributed by atoms with Crippen LogP contribution in [0.3, 0.4) is 0 Å². The van der Waals surface area contributed by atoms with Crippen LogP contribution in [0.1, 0.15) is 41.6 Å². The molecule has 4 aromatic rings. The number of hydrogen-bond donors (Lipinski definition) is 2. The molecule has 1 unspecified atom stereocenters. The number of methoxy groups -OCH3 is 1. The van der Waals surface area contributed by atoms with Crippen molar-refractivity contribution in [3.8, 4) is 28.5 Å². The summed E-state index contributed by atoms with van der Waals surface area (Å²) >= 11 is 0. The molecule has 0 spiro atoms. The lowest BCUT2D eigenvalue weighted by molar-refractivity contribution is -0.134. The Balaban J connectivity index is 1.23. The lowest BCUT2D eigenvalue weighted by Gasteiger charge is -2.38. The molecule has 1 atom stereocenters. The molecule has 0 saturated carbocycles. The predicted octanol–water partition coefficient (Wildman–Crippen LogP) is 4.36. The molecule has 4 heterocycles. The molecule has 3 aliphatic heterocycles. The second-order valence-corrected chi connectivity index (χ2v) is 11.4. The molecule has 10 heteroatoms. The molecule has 0 radical (unpaired) electrons. The number of H-pyrrole nitrogens is 1. The van der Waals surface area contributed by atoms with E-state index in [1.54, 1.807) is 7.11 Å². The van der Waals surface area contributed by atoms with Gasteiger partial charge in [0.05, 0.1) is 38.2 Å². The third kappa shape index (κ3) is 7.12. The van der Waals surface area contributed by atoms with Crippen LogP contribution in [0.5, 0.6) is 17.2 Å². The number of nitrogens with one attached hydrogen (secondary N) is 2. The summed E-state index contributed by atoms with van der Waals surface area (Å²) in [6.45, 7) is 5.26. The van der Waals surface area contributed by atoms with Crippen molar-refractivity contribution in [1.29, 1.82) is 0 Å². The molecule has 0 aliphatic carbocycles. The zero-order valence-electron chi connectivity index (χ0n) is 25.8. The summed E-state index contributed by atoms with van der Waals surface area (Å²) in [5.74, 6) is 2.06. The van der Waals surface area contributed by atoms with Crippen molar-refractivity contribution < 1.29 is 23.8 Å². The highest BCUT2D eigenvalue weighted by atomic mass is 16.5. The molecule has 2 N–H and O–H groups in total. The molecule has 234 valence electrons. The highest BCUT2D eigenvalue weighted by Crippen LogP contribution is 2.38. The molecule has 45 heavy (non-hydrogen) atoms. The van der Waals surface area contributed by atoms with Crippen LogP contribution < -0.4 is 19.5 Å². The fraction of sp³-hybridized carbons (Fsp3) is 0.343. The Morgan fingerprint density at radius 3 is 2.64 bits per heavy atom. The number of carbonyl (C=O) groups excluding carboxylic acids is 2. The van der Waals surface area contributed by atoms with E-state index in [0.29, 0.717) is 32.7 Å². The fourth-order valence-corrected chi connectivity index (χ4v) is 6.12. The number of aromatic nitrogens is 2. The molecule has 2 amide bonds. The van der Waals surface area contributed by atoms with E-state index in [4.69, 9.17) is 14.2 Å². The third-order valence-electron chi connectivity index (χ3n) is 8.38. The standard InChI is InChI=1S/C35H39N5O5/c1-24(41)36-22-33(42)40-15-13-26-19-31-11-12-32(26)35(40)27-5-3-6-30(20-27)44-17-4-14-39(16-18-45-31)23-28-21-37-38-34(28)25-7-9-29(43-2)10-8-25/h3,5-12,19-21,35H,4,13-18,22-23H2,1-2H3,(H,36,41)(H,37,38). The van der Waals surface area contributed by atoms with Gasteiger partial charge in [-0.15, -0.1) is 0 Å². The summed E-state index contributed by atoms with van der Waals surface area (Å²) < 4.78 is 17.9. The molecule has 6 bridgehead atoms. The quantitative estimate of drug-likeness (QED) is 0.335. The van der Waals surface area contributed by atoms with Crippen molar-refractivity contribution in [2.45, 2.75) is 32.4 Å². The maximum absolute atomic E-state index is 13.3. The molecular formula is C35H39N5O5. The van der Waals surface area contributed by atoms with E-state index in [1.807, 2.05) is 65.7 Å². The largest absolute Gasteiger partial charge is 0.497 e. The minimum Gasteiger partial charge on any atom is -0.497 e. The molecule has 10 nitrogen and oxygen atoms in total. The monoisotopic (exact) mass is 609 g/mol. The van der Waals surface area contributed by atoms with Crippen molar-refractivity contribution >= 4 is 11.8 Å². The van der Waals surface area contributed by atoms with Crippen LogP contribution in [0.25, 0.3) is 11.3 Å². The van der Waals surface area contributed by atoms with Gasteiger partial charge in [-0.05, 0) is 78.1 Å². The summed E-state index contributed by atoms with van der Waals surface area (Å²) in [5, 5.41) is 10.2. The lowest BCUT2D eigenvalue weighted by Crippen LogP contribution is -2.45. The van der Waals surface area contributed by atoms with Gasteiger partial charge in [-0.25, -0.2) is 0 Å². The number of nitrogens with zero attached hydrogens (tertiary/aromatic N) is 3. The molecule has 0 saturated heterocycles. The Morgan fingerprint density at radius 1 is 1.00 bits per heavy atom. The highest BCUT2D eigenvalue weighted by molar-refractivity contribution is 5.84. The SMILES string of the molecule is COc1ccc(-c2[nH]ncc2CN2CCCOc3cccc(c3)C3c4ccc(cc4CCN3C(=O)CNC(C)=O)OCC2)cc1. The molecule has 0 fully saturated rings. The van der Waals surface area contributed by atoms with Crippen LogP contribution >= 0.6 is 0 Å². The minimum absolute atomic E-state index is 0.0323. The zero-order valence-corrected chi connectivity index (χ0v) is 25.8. The van der Waals surface area contributed by atoms with Gasteiger partial charge in [-0.2, -0.15) is 5.10 Å². The second kappa shape index (κ2) is 13.9. The van der Waals surface area contributed by atoms with Gasteiger partial charge in [0.2, 0.25) is 11.8 Å². The van der Waals surface area contributed by atoms with E-state index in [1.165, 1.54) is 6.92 Å². The average molecular weight is 610 g/mol. The molecule has 3 aliphatic rings. The van der Waals surface area contributed by atoms with Crippen molar-refractivity contribution in [3.05, 3.63) is 95.2 Å². The third-order valence-corrected chi connectivity index (χ3v) is 8.38. The lowest BCUT2D eigenvalue weighted by atomic mass is 9.87. The Kier molecular flexibility index (Phi) is 9.30. The number of rotatable bonds is 6. The first kappa shape index (κ1) is 30.2. The molecule has 1 aromatic heterocycles. The van der Waals surface area contributed by atoms with Gasteiger partial charge >= 0.3 is 0 Å². The van der Waals surface area contributed by atoms with Crippen LogP contribution in [0, 0.1) is 0 Å². The number of aromatic amines is 1. The summed E-state index contributed by atoms with van der Waals surface area (Å²) in [7, 11) is 1.66. The maximum Gasteiger partial charge on any atom is 0.242 e. The summed E-state index contributed by atoms with van der Waals surface area (Å²) in [6, 6.07) is 21.8. The van der Waals surface area contributed by atoms with Gasteiger partial charge in [0.25, 0.3) is 0 Å². The first-order chi connectivity index (χ1) is 22.0. The van der Waals surface area contributed by atoms with Gasteiger partial charge in [0.1, 0.15) is 23.9 Å². The van der Waals surface area contributed by atoms with Gasteiger partial charge in [0.15, 0.2) is 0 Å². The Morgan fingerprint density at radius 2 is 1.82 bits per heavy atom. The number of hydrogen-bond acceptors (Lipinski definition) is 7. The smallest absolute Gasteiger partial charge is 0.242 e.